The van der Waals surface area contributed by atoms with Crippen molar-refractivity contribution < 1.29 is 5.11 Å². The Labute approximate surface area is 132 Å². The lowest BCUT2D eigenvalue weighted by Crippen LogP contribution is -2.24. The van der Waals surface area contributed by atoms with Gasteiger partial charge in [0.05, 0.1) is 11.3 Å². The third kappa shape index (κ3) is 2.87. The van der Waals surface area contributed by atoms with Gasteiger partial charge in [-0.1, -0.05) is 17.7 Å². The predicted octanol–water partition coefficient (Wildman–Crippen LogP) is 3.16. The summed E-state index contributed by atoms with van der Waals surface area (Å²) in [6.45, 7) is 3.59. The molecule has 0 fully saturated rings. The second-order valence-electron chi connectivity index (χ2n) is 4.64. The van der Waals surface area contributed by atoms with Crippen molar-refractivity contribution in [3.05, 3.63) is 56.3 Å². The van der Waals surface area contributed by atoms with E-state index in [2.05, 4.69) is 4.99 Å². The van der Waals surface area contributed by atoms with Crippen LogP contribution >= 0.6 is 11.6 Å². The summed E-state index contributed by atoms with van der Waals surface area (Å²) in [5.74, 6) is -0.199. The highest BCUT2D eigenvalue weighted by Gasteiger charge is 2.16. The zero-order chi connectivity index (χ0) is 16.3. The van der Waals surface area contributed by atoms with E-state index in [1.165, 1.54) is 6.21 Å². The Hall–Kier alpha value is -2.58. The summed E-state index contributed by atoms with van der Waals surface area (Å²) in [4.78, 5) is 16.3. The number of nitriles is 1. The fraction of sp³-hybridized carbons (Fsp3) is 0.188. The highest BCUT2D eigenvalue weighted by molar-refractivity contribution is 6.30. The minimum Gasteiger partial charge on any atom is -0.494 e. The van der Waals surface area contributed by atoms with Crippen molar-refractivity contribution in [2.45, 2.75) is 20.4 Å². The van der Waals surface area contributed by atoms with Gasteiger partial charge in [-0.2, -0.15) is 5.26 Å². The van der Waals surface area contributed by atoms with Crippen molar-refractivity contribution in [2.75, 3.05) is 0 Å². The molecule has 1 heterocycles. The van der Waals surface area contributed by atoms with Gasteiger partial charge in [-0.05, 0) is 37.6 Å². The smallest absolute Gasteiger partial charge is 0.271 e. The molecule has 2 rings (SSSR count). The summed E-state index contributed by atoms with van der Waals surface area (Å²) in [5.41, 5.74) is 0.865. The molecule has 0 saturated carbocycles. The highest BCUT2D eigenvalue weighted by Crippen LogP contribution is 2.22. The van der Waals surface area contributed by atoms with E-state index < -0.39 is 5.56 Å². The molecular formula is C16H14ClN3O2. The fourth-order valence-corrected chi connectivity index (χ4v) is 2.30. The average Bonchev–Trinajstić information content (AvgIpc) is 2.48. The molecule has 1 aromatic carbocycles. The van der Waals surface area contributed by atoms with Gasteiger partial charge in [-0.25, -0.2) is 0 Å². The maximum Gasteiger partial charge on any atom is 0.271 e. The van der Waals surface area contributed by atoms with Crippen LogP contribution in [0.25, 0.3) is 0 Å². The number of hydrogen-bond acceptors (Lipinski definition) is 4. The van der Waals surface area contributed by atoms with Gasteiger partial charge in [0.2, 0.25) is 5.88 Å². The number of aromatic hydroxyl groups is 1. The molecule has 0 spiro atoms. The molecule has 112 valence electrons. The topological polar surface area (TPSA) is 78.4 Å². The molecule has 0 saturated heterocycles. The first-order valence-corrected chi connectivity index (χ1v) is 7.03. The number of nitrogens with zero attached hydrogens (tertiary/aromatic N) is 3. The number of aromatic nitrogens is 1. The van der Waals surface area contributed by atoms with Crippen LogP contribution in [0.3, 0.4) is 0 Å². The van der Waals surface area contributed by atoms with Crippen LogP contribution in [-0.2, 0) is 6.54 Å². The Morgan fingerprint density at radius 1 is 1.50 bits per heavy atom. The molecule has 0 aliphatic heterocycles. The SMILES string of the molecule is CCn1c(O)c(C=Nc2cccc(Cl)c2)c(C)c(C#N)c1=O. The van der Waals surface area contributed by atoms with E-state index in [1.54, 1.807) is 38.1 Å². The number of rotatable bonds is 3. The summed E-state index contributed by atoms with van der Waals surface area (Å²) >= 11 is 5.89. The van der Waals surface area contributed by atoms with Crippen LogP contribution < -0.4 is 5.56 Å². The van der Waals surface area contributed by atoms with Crippen molar-refractivity contribution in [3.63, 3.8) is 0 Å². The summed E-state index contributed by atoms with van der Waals surface area (Å²) in [5, 5.41) is 19.9. The first-order valence-electron chi connectivity index (χ1n) is 6.65. The molecule has 5 nitrogen and oxygen atoms in total. The molecule has 22 heavy (non-hydrogen) atoms. The van der Waals surface area contributed by atoms with Gasteiger partial charge in [0.25, 0.3) is 5.56 Å². The Morgan fingerprint density at radius 3 is 2.82 bits per heavy atom. The summed E-state index contributed by atoms with van der Waals surface area (Å²) in [6.07, 6.45) is 1.43. The van der Waals surface area contributed by atoms with Crippen LogP contribution in [-0.4, -0.2) is 15.9 Å². The van der Waals surface area contributed by atoms with Gasteiger partial charge >= 0.3 is 0 Å². The van der Waals surface area contributed by atoms with E-state index in [0.29, 0.717) is 21.8 Å². The molecule has 1 aromatic heterocycles. The zero-order valence-corrected chi connectivity index (χ0v) is 12.9. The number of hydrogen-bond donors (Lipinski definition) is 1. The highest BCUT2D eigenvalue weighted by atomic mass is 35.5. The second kappa shape index (κ2) is 6.46. The van der Waals surface area contributed by atoms with Crippen LogP contribution in [0.2, 0.25) is 5.02 Å². The van der Waals surface area contributed by atoms with Crippen LogP contribution in [0, 0.1) is 18.3 Å². The third-order valence-corrected chi connectivity index (χ3v) is 3.55. The zero-order valence-electron chi connectivity index (χ0n) is 12.2. The largest absolute Gasteiger partial charge is 0.494 e. The Bertz CT molecular complexity index is 848. The van der Waals surface area contributed by atoms with Gasteiger partial charge < -0.3 is 5.11 Å². The van der Waals surface area contributed by atoms with Crippen molar-refractivity contribution >= 4 is 23.5 Å². The quantitative estimate of drug-likeness (QED) is 0.884. The maximum absolute atomic E-state index is 12.1. The van der Waals surface area contributed by atoms with E-state index in [1.807, 2.05) is 6.07 Å². The number of benzene rings is 1. The molecule has 6 heteroatoms. The van der Waals surface area contributed by atoms with Crippen LogP contribution in [0.5, 0.6) is 5.88 Å². The lowest BCUT2D eigenvalue weighted by Gasteiger charge is -2.12. The van der Waals surface area contributed by atoms with Gasteiger partial charge in [0.1, 0.15) is 11.6 Å². The van der Waals surface area contributed by atoms with E-state index in [-0.39, 0.29) is 18.0 Å². The van der Waals surface area contributed by atoms with Crippen molar-refractivity contribution in [3.8, 4) is 11.9 Å². The number of aliphatic imine (C=N–C) groups is 1. The Balaban J connectivity index is 2.61. The monoisotopic (exact) mass is 315 g/mol. The number of halogens is 1. The molecule has 0 unspecified atom stereocenters. The minimum atomic E-state index is -0.500. The van der Waals surface area contributed by atoms with Crippen molar-refractivity contribution in [2.24, 2.45) is 4.99 Å². The van der Waals surface area contributed by atoms with E-state index in [0.717, 1.165) is 4.57 Å². The maximum atomic E-state index is 12.1. The molecule has 0 radical (unpaired) electrons. The fourth-order valence-electron chi connectivity index (χ4n) is 2.11. The van der Waals surface area contributed by atoms with Crippen LogP contribution in [0.4, 0.5) is 5.69 Å². The standard InChI is InChI=1S/C16H14ClN3O2/c1-3-20-15(21)13(8-18)10(2)14(16(20)22)9-19-12-6-4-5-11(17)7-12/h4-7,9,22H,3H2,1-2H3. The van der Waals surface area contributed by atoms with Crippen molar-refractivity contribution in [1.82, 2.24) is 4.57 Å². The molecule has 0 amide bonds. The first-order chi connectivity index (χ1) is 10.5. The molecule has 0 aliphatic rings. The molecular weight excluding hydrogens is 302 g/mol. The predicted molar refractivity (Wildman–Crippen MR) is 86.2 cm³/mol. The first kappa shape index (κ1) is 15.8. The van der Waals surface area contributed by atoms with E-state index >= 15 is 0 Å². The Morgan fingerprint density at radius 2 is 2.23 bits per heavy atom. The molecule has 1 N–H and O–H groups in total. The molecule has 2 aromatic rings. The normalized spacial score (nSPS) is 10.8. The minimum absolute atomic E-state index is 0.00666. The Kier molecular flexibility index (Phi) is 4.64. The molecule has 0 bridgehead atoms. The van der Waals surface area contributed by atoms with Gasteiger partial charge in [0.15, 0.2) is 0 Å². The van der Waals surface area contributed by atoms with E-state index in [9.17, 15) is 9.90 Å². The van der Waals surface area contributed by atoms with Gasteiger partial charge in [-0.3, -0.25) is 14.4 Å². The summed E-state index contributed by atoms with van der Waals surface area (Å²) in [7, 11) is 0. The van der Waals surface area contributed by atoms with Gasteiger partial charge in [0, 0.05) is 17.8 Å². The lowest BCUT2D eigenvalue weighted by molar-refractivity contribution is 0.409. The van der Waals surface area contributed by atoms with Crippen LogP contribution in [0.15, 0.2) is 34.1 Å². The molecule has 0 aliphatic carbocycles. The van der Waals surface area contributed by atoms with Crippen molar-refractivity contribution in [1.29, 1.82) is 5.26 Å². The van der Waals surface area contributed by atoms with Crippen LogP contribution in [0.1, 0.15) is 23.6 Å². The van der Waals surface area contributed by atoms with Gasteiger partial charge in [-0.15, -0.1) is 0 Å². The summed E-state index contributed by atoms with van der Waals surface area (Å²) < 4.78 is 1.14. The second-order valence-corrected chi connectivity index (χ2v) is 5.07. The summed E-state index contributed by atoms with van der Waals surface area (Å²) in [6, 6.07) is 8.81. The lowest BCUT2D eigenvalue weighted by atomic mass is 10.1. The average molecular weight is 316 g/mol. The third-order valence-electron chi connectivity index (χ3n) is 3.31. The molecule has 0 atom stereocenters. The van der Waals surface area contributed by atoms with E-state index in [4.69, 9.17) is 16.9 Å². The number of pyridine rings is 1.